The van der Waals surface area contributed by atoms with Crippen molar-refractivity contribution in [3.8, 4) is 5.75 Å². The second-order valence-corrected chi connectivity index (χ2v) is 7.48. The maximum absolute atomic E-state index is 5.89. The lowest BCUT2D eigenvalue weighted by Gasteiger charge is -2.49. The molecule has 23 heavy (non-hydrogen) atoms. The summed E-state index contributed by atoms with van der Waals surface area (Å²) in [5, 5.41) is 0. The van der Waals surface area contributed by atoms with E-state index < -0.39 is 0 Å². The van der Waals surface area contributed by atoms with E-state index in [2.05, 4.69) is 31.2 Å². The molecule has 4 rings (SSSR count). The summed E-state index contributed by atoms with van der Waals surface area (Å²) in [6.45, 7) is 2.35. The van der Waals surface area contributed by atoms with Gasteiger partial charge in [0.1, 0.15) is 5.75 Å². The smallest absolute Gasteiger partial charge is 0.119 e. The maximum atomic E-state index is 5.89. The molecule has 0 radical (unpaired) electrons. The van der Waals surface area contributed by atoms with Gasteiger partial charge in [-0.3, -0.25) is 0 Å². The van der Waals surface area contributed by atoms with Crippen molar-refractivity contribution in [1.82, 2.24) is 0 Å². The predicted octanol–water partition coefficient (Wildman–Crippen LogP) is 4.88. The van der Waals surface area contributed by atoms with E-state index in [9.17, 15) is 0 Å². The van der Waals surface area contributed by atoms with Gasteiger partial charge in [0.25, 0.3) is 0 Å². The number of hydrogen-bond acceptors (Lipinski definition) is 2. The molecule has 0 aliphatic heterocycles. The van der Waals surface area contributed by atoms with E-state index in [1.807, 2.05) is 7.11 Å². The van der Waals surface area contributed by atoms with E-state index in [0.717, 1.165) is 12.2 Å². The first-order valence-electron chi connectivity index (χ1n) is 9.13. The highest BCUT2D eigenvalue weighted by molar-refractivity contribution is 5.44. The van der Waals surface area contributed by atoms with Gasteiger partial charge < -0.3 is 9.47 Å². The van der Waals surface area contributed by atoms with Crippen LogP contribution >= 0.6 is 0 Å². The summed E-state index contributed by atoms with van der Waals surface area (Å²) in [5.74, 6) is 2.39. The molecule has 3 aliphatic rings. The average Bonchev–Trinajstić information content (AvgIpc) is 3.00. The zero-order chi connectivity index (χ0) is 16.0. The Morgan fingerprint density at radius 1 is 1.17 bits per heavy atom. The van der Waals surface area contributed by atoms with Gasteiger partial charge in [-0.2, -0.15) is 0 Å². The quantitative estimate of drug-likeness (QED) is 0.741. The molecule has 0 aromatic heterocycles. The first kappa shape index (κ1) is 15.3. The van der Waals surface area contributed by atoms with Gasteiger partial charge in [0, 0.05) is 12.5 Å². The van der Waals surface area contributed by atoms with Crippen molar-refractivity contribution in [2.75, 3.05) is 14.2 Å². The number of benzene rings is 1. The fourth-order valence-electron chi connectivity index (χ4n) is 5.75. The predicted molar refractivity (Wildman–Crippen MR) is 93.0 cm³/mol. The third-order valence-electron chi connectivity index (χ3n) is 6.92. The molecule has 124 valence electrons. The lowest BCUT2D eigenvalue weighted by Crippen LogP contribution is -2.42. The number of rotatable bonds is 3. The lowest BCUT2D eigenvalue weighted by atomic mass is 9.56. The molecule has 0 unspecified atom stereocenters. The summed E-state index contributed by atoms with van der Waals surface area (Å²) in [4.78, 5) is 0. The van der Waals surface area contributed by atoms with Gasteiger partial charge in [-0.25, -0.2) is 0 Å². The first-order chi connectivity index (χ1) is 11.2. The molecule has 0 N–H and O–H groups in total. The molecule has 0 amide bonds. The Kier molecular flexibility index (Phi) is 3.76. The topological polar surface area (TPSA) is 18.5 Å². The highest BCUT2D eigenvalue weighted by atomic mass is 16.5. The fraction of sp³-hybridized carbons (Fsp3) is 0.619. The average molecular weight is 312 g/mol. The van der Waals surface area contributed by atoms with Gasteiger partial charge in [0.2, 0.25) is 0 Å². The summed E-state index contributed by atoms with van der Waals surface area (Å²) >= 11 is 0. The molecule has 3 aliphatic carbocycles. The van der Waals surface area contributed by atoms with Crippen LogP contribution in [0.25, 0.3) is 0 Å². The number of hydrogen-bond donors (Lipinski definition) is 0. The van der Waals surface area contributed by atoms with Crippen LogP contribution in [0.3, 0.4) is 0 Å². The highest BCUT2D eigenvalue weighted by Gasteiger charge is 2.52. The normalized spacial score (nSPS) is 35.1. The van der Waals surface area contributed by atoms with Gasteiger partial charge in [0.05, 0.1) is 13.2 Å². The third kappa shape index (κ3) is 2.11. The summed E-state index contributed by atoms with van der Waals surface area (Å²) in [6.07, 6.45) is 10.3. The molecule has 1 aromatic rings. The van der Waals surface area contributed by atoms with Crippen LogP contribution in [0.2, 0.25) is 0 Å². The number of ether oxygens (including phenoxy) is 2. The second-order valence-electron chi connectivity index (χ2n) is 7.48. The SMILES string of the molecule is CC[C@]12CC[C@@H]3c4cc(OC)ccc4CC[C@H]3C1=CC[C@H]2OC. The van der Waals surface area contributed by atoms with Crippen molar-refractivity contribution in [2.45, 2.75) is 57.5 Å². The van der Waals surface area contributed by atoms with Crippen LogP contribution in [0.5, 0.6) is 5.75 Å². The molecule has 0 heterocycles. The van der Waals surface area contributed by atoms with E-state index in [-0.39, 0.29) is 0 Å². The largest absolute Gasteiger partial charge is 0.497 e. The van der Waals surface area contributed by atoms with Gasteiger partial charge in [-0.15, -0.1) is 0 Å². The molecule has 2 nitrogen and oxygen atoms in total. The maximum Gasteiger partial charge on any atom is 0.119 e. The molecule has 1 saturated carbocycles. The standard InChI is InChI=1S/C21H28O2/c1-4-21-12-11-16-17(19(21)9-10-20(21)23-3)8-6-14-5-7-15(22-2)13-18(14)16/h5,7,9,13,16-17,20H,4,6,8,10-12H2,1-3H3/t16-,17+,20+,21-/m0/s1. The van der Waals surface area contributed by atoms with Gasteiger partial charge in [-0.05, 0) is 73.6 Å². The first-order valence-corrected chi connectivity index (χ1v) is 9.13. The Hall–Kier alpha value is -1.28. The molecule has 0 bridgehead atoms. The fourth-order valence-corrected chi connectivity index (χ4v) is 5.75. The number of fused-ring (bicyclic) bond motifs is 5. The minimum atomic E-state index is 0.312. The van der Waals surface area contributed by atoms with E-state index in [1.54, 1.807) is 18.2 Å². The summed E-state index contributed by atoms with van der Waals surface area (Å²) < 4.78 is 11.4. The Labute approximate surface area is 139 Å². The van der Waals surface area contributed by atoms with E-state index in [1.165, 1.54) is 37.7 Å². The van der Waals surface area contributed by atoms with Crippen LogP contribution in [0.15, 0.2) is 29.8 Å². The summed E-state index contributed by atoms with van der Waals surface area (Å²) in [7, 11) is 3.67. The van der Waals surface area contributed by atoms with E-state index in [4.69, 9.17) is 9.47 Å². The van der Waals surface area contributed by atoms with Crippen LogP contribution in [0.4, 0.5) is 0 Å². The molecule has 1 fully saturated rings. The molecule has 4 atom stereocenters. The van der Waals surface area contributed by atoms with Gasteiger partial charge >= 0.3 is 0 Å². The van der Waals surface area contributed by atoms with Crippen molar-refractivity contribution in [3.63, 3.8) is 0 Å². The van der Waals surface area contributed by atoms with Crippen LogP contribution < -0.4 is 4.74 Å². The van der Waals surface area contributed by atoms with Crippen molar-refractivity contribution in [3.05, 3.63) is 41.0 Å². The monoisotopic (exact) mass is 312 g/mol. The van der Waals surface area contributed by atoms with E-state index in [0.29, 0.717) is 23.4 Å². The Balaban J connectivity index is 1.72. The van der Waals surface area contributed by atoms with Crippen LogP contribution in [0, 0.1) is 11.3 Å². The Morgan fingerprint density at radius 3 is 2.78 bits per heavy atom. The van der Waals surface area contributed by atoms with Crippen molar-refractivity contribution in [2.24, 2.45) is 11.3 Å². The van der Waals surface area contributed by atoms with Crippen molar-refractivity contribution < 1.29 is 9.47 Å². The molecule has 0 spiro atoms. The van der Waals surface area contributed by atoms with Gasteiger partial charge in [-0.1, -0.05) is 24.6 Å². The van der Waals surface area contributed by atoms with Crippen LogP contribution in [-0.4, -0.2) is 20.3 Å². The minimum Gasteiger partial charge on any atom is -0.497 e. The zero-order valence-electron chi connectivity index (χ0n) is 14.6. The molecular weight excluding hydrogens is 284 g/mol. The summed E-state index contributed by atoms with van der Waals surface area (Å²) in [5.41, 5.74) is 5.12. The Bertz CT molecular complexity index is 633. The number of methoxy groups -OCH3 is 2. The second kappa shape index (κ2) is 5.66. The molecular formula is C21H28O2. The van der Waals surface area contributed by atoms with E-state index >= 15 is 0 Å². The summed E-state index contributed by atoms with van der Waals surface area (Å²) in [6, 6.07) is 6.70. The van der Waals surface area contributed by atoms with Crippen molar-refractivity contribution >= 4 is 0 Å². The van der Waals surface area contributed by atoms with Gasteiger partial charge in [0.15, 0.2) is 0 Å². The Morgan fingerprint density at radius 2 is 2.04 bits per heavy atom. The molecule has 1 aromatic carbocycles. The third-order valence-corrected chi connectivity index (χ3v) is 6.92. The van der Waals surface area contributed by atoms with Crippen molar-refractivity contribution in [1.29, 1.82) is 0 Å². The molecule has 0 saturated heterocycles. The number of aryl methyl sites for hydroxylation is 1. The highest BCUT2D eigenvalue weighted by Crippen LogP contribution is 2.60. The van der Waals surface area contributed by atoms with Crippen LogP contribution in [0.1, 0.15) is 56.1 Å². The lowest BCUT2D eigenvalue weighted by molar-refractivity contribution is -0.00428. The zero-order valence-corrected chi connectivity index (χ0v) is 14.6. The molecule has 2 heteroatoms. The minimum absolute atomic E-state index is 0.312. The van der Waals surface area contributed by atoms with Crippen LogP contribution in [-0.2, 0) is 11.2 Å².